The van der Waals surface area contributed by atoms with Gasteiger partial charge in [0.05, 0.1) is 5.92 Å². The molecule has 0 spiro atoms. The average molecular weight is 319 g/mol. The number of para-hydroxylation sites is 1. The summed E-state index contributed by atoms with van der Waals surface area (Å²) in [6, 6.07) is 7.84. The number of amides is 3. The smallest absolute Gasteiger partial charge is 0.319 e. The first-order valence-corrected chi connectivity index (χ1v) is 7.61. The molecule has 23 heavy (non-hydrogen) atoms. The highest BCUT2D eigenvalue weighted by Gasteiger charge is 2.29. The fraction of sp³-hybridized carbons (Fsp3) is 0.438. The quantitative estimate of drug-likeness (QED) is 0.783. The van der Waals surface area contributed by atoms with E-state index in [1.807, 2.05) is 6.07 Å². The first kappa shape index (κ1) is 16.8. The van der Waals surface area contributed by atoms with Crippen LogP contribution in [0.1, 0.15) is 19.8 Å². The molecule has 1 aliphatic rings. The minimum Gasteiger partial charge on any atom is -0.481 e. The number of carbonyl (C=O) groups excluding carboxylic acids is 2. The van der Waals surface area contributed by atoms with E-state index in [9.17, 15) is 14.4 Å². The van der Waals surface area contributed by atoms with Crippen molar-refractivity contribution in [1.82, 2.24) is 10.2 Å². The van der Waals surface area contributed by atoms with Crippen LogP contribution in [-0.2, 0) is 9.59 Å². The van der Waals surface area contributed by atoms with Gasteiger partial charge in [-0.3, -0.25) is 9.59 Å². The lowest BCUT2D eigenvalue weighted by Gasteiger charge is -2.32. The molecule has 1 aromatic carbocycles. The molecule has 0 saturated carbocycles. The second-order valence-electron chi connectivity index (χ2n) is 5.62. The van der Waals surface area contributed by atoms with Crippen molar-refractivity contribution in [3.63, 3.8) is 0 Å². The van der Waals surface area contributed by atoms with Gasteiger partial charge in [0.25, 0.3) is 0 Å². The Morgan fingerprint density at radius 1 is 1.17 bits per heavy atom. The number of likely N-dealkylation sites (tertiary alicyclic amines) is 1. The van der Waals surface area contributed by atoms with Crippen molar-refractivity contribution < 1.29 is 19.5 Å². The summed E-state index contributed by atoms with van der Waals surface area (Å²) >= 11 is 0. The number of anilines is 1. The summed E-state index contributed by atoms with van der Waals surface area (Å²) in [5.74, 6) is -1.40. The highest BCUT2D eigenvalue weighted by molar-refractivity contribution is 5.93. The van der Waals surface area contributed by atoms with Gasteiger partial charge in [-0.05, 0) is 31.9 Å². The van der Waals surface area contributed by atoms with Crippen LogP contribution in [0.15, 0.2) is 30.3 Å². The van der Waals surface area contributed by atoms with Gasteiger partial charge in [0.1, 0.15) is 6.04 Å². The van der Waals surface area contributed by atoms with Gasteiger partial charge < -0.3 is 20.6 Å². The largest absolute Gasteiger partial charge is 0.481 e. The molecule has 1 atom stereocenters. The topological polar surface area (TPSA) is 98.7 Å². The summed E-state index contributed by atoms with van der Waals surface area (Å²) in [6.07, 6.45) is 0.897. The van der Waals surface area contributed by atoms with E-state index in [0.717, 1.165) is 0 Å². The fourth-order valence-electron chi connectivity index (χ4n) is 2.57. The third kappa shape index (κ3) is 4.70. The zero-order valence-electron chi connectivity index (χ0n) is 13.0. The first-order chi connectivity index (χ1) is 11.0. The van der Waals surface area contributed by atoms with Crippen molar-refractivity contribution in [2.24, 2.45) is 5.92 Å². The molecule has 0 aliphatic carbocycles. The molecule has 2 rings (SSSR count). The maximum atomic E-state index is 12.3. The SMILES string of the molecule is CC(NC(=O)Nc1ccccc1)C(=O)N1CCC(C(=O)O)CC1. The van der Waals surface area contributed by atoms with E-state index in [2.05, 4.69) is 10.6 Å². The van der Waals surface area contributed by atoms with Gasteiger partial charge >= 0.3 is 12.0 Å². The van der Waals surface area contributed by atoms with Gasteiger partial charge in [0, 0.05) is 18.8 Å². The summed E-state index contributed by atoms with van der Waals surface area (Å²) in [5.41, 5.74) is 0.645. The average Bonchev–Trinajstić information content (AvgIpc) is 2.55. The molecular weight excluding hydrogens is 298 g/mol. The number of piperidine rings is 1. The van der Waals surface area contributed by atoms with Gasteiger partial charge in [0.15, 0.2) is 0 Å². The number of nitrogens with one attached hydrogen (secondary N) is 2. The number of carboxylic acid groups (broad SMARTS) is 1. The van der Waals surface area contributed by atoms with Crippen molar-refractivity contribution in [3.8, 4) is 0 Å². The van der Waals surface area contributed by atoms with Crippen molar-refractivity contribution in [1.29, 1.82) is 0 Å². The Balaban J connectivity index is 1.81. The monoisotopic (exact) mass is 319 g/mol. The van der Waals surface area contributed by atoms with Crippen LogP contribution in [0, 0.1) is 5.92 Å². The molecule has 0 radical (unpaired) electrons. The number of hydrogen-bond acceptors (Lipinski definition) is 3. The Bertz CT molecular complexity index is 568. The zero-order valence-corrected chi connectivity index (χ0v) is 13.0. The molecule has 0 bridgehead atoms. The van der Waals surface area contributed by atoms with E-state index < -0.39 is 18.0 Å². The number of benzene rings is 1. The third-order valence-corrected chi connectivity index (χ3v) is 3.91. The van der Waals surface area contributed by atoms with Crippen LogP contribution in [0.25, 0.3) is 0 Å². The minimum absolute atomic E-state index is 0.197. The van der Waals surface area contributed by atoms with E-state index in [1.54, 1.807) is 36.1 Å². The zero-order chi connectivity index (χ0) is 16.8. The summed E-state index contributed by atoms with van der Waals surface area (Å²) in [7, 11) is 0. The van der Waals surface area contributed by atoms with Crippen LogP contribution in [0.4, 0.5) is 10.5 Å². The molecule has 7 nitrogen and oxygen atoms in total. The first-order valence-electron chi connectivity index (χ1n) is 7.61. The van der Waals surface area contributed by atoms with Gasteiger partial charge in [-0.2, -0.15) is 0 Å². The number of nitrogens with zero attached hydrogens (tertiary/aromatic N) is 1. The summed E-state index contributed by atoms with van der Waals surface area (Å²) < 4.78 is 0. The van der Waals surface area contributed by atoms with Crippen LogP contribution in [0.3, 0.4) is 0 Å². The number of urea groups is 1. The molecule has 1 heterocycles. The van der Waals surface area contributed by atoms with Gasteiger partial charge in [0.2, 0.25) is 5.91 Å². The van der Waals surface area contributed by atoms with E-state index in [0.29, 0.717) is 31.6 Å². The van der Waals surface area contributed by atoms with E-state index in [1.165, 1.54) is 0 Å². The van der Waals surface area contributed by atoms with Crippen molar-refractivity contribution in [2.75, 3.05) is 18.4 Å². The molecule has 1 unspecified atom stereocenters. The Morgan fingerprint density at radius 3 is 2.35 bits per heavy atom. The molecule has 3 N–H and O–H groups in total. The van der Waals surface area contributed by atoms with Crippen LogP contribution in [0.5, 0.6) is 0 Å². The number of aliphatic carboxylic acids is 1. The lowest BCUT2D eigenvalue weighted by Crippen LogP contribution is -2.50. The lowest BCUT2D eigenvalue weighted by atomic mass is 9.97. The Labute approximate surface area is 134 Å². The minimum atomic E-state index is -0.814. The Morgan fingerprint density at radius 2 is 1.78 bits per heavy atom. The van der Waals surface area contributed by atoms with Crippen LogP contribution in [0.2, 0.25) is 0 Å². The lowest BCUT2D eigenvalue weighted by molar-refractivity contribution is -0.146. The Hall–Kier alpha value is -2.57. The van der Waals surface area contributed by atoms with Gasteiger partial charge in [-0.1, -0.05) is 18.2 Å². The summed E-state index contributed by atoms with van der Waals surface area (Å²) in [5, 5.41) is 14.2. The predicted octanol–water partition coefficient (Wildman–Crippen LogP) is 1.52. The number of carboxylic acids is 1. The van der Waals surface area contributed by atoms with E-state index in [-0.39, 0.29) is 11.8 Å². The van der Waals surface area contributed by atoms with Crippen LogP contribution in [-0.4, -0.2) is 47.0 Å². The Kier molecular flexibility index (Phi) is 5.56. The highest BCUT2D eigenvalue weighted by atomic mass is 16.4. The molecule has 1 fully saturated rings. The molecule has 1 saturated heterocycles. The summed E-state index contributed by atoms with van der Waals surface area (Å²) in [4.78, 5) is 36.7. The van der Waals surface area contributed by atoms with Crippen LogP contribution >= 0.6 is 0 Å². The van der Waals surface area contributed by atoms with E-state index >= 15 is 0 Å². The summed E-state index contributed by atoms with van der Waals surface area (Å²) in [6.45, 7) is 2.43. The normalized spacial score (nSPS) is 16.5. The van der Waals surface area contributed by atoms with Gasteiger partial charge in [-0.15, -0.1) is 0 Å². The number of rotatable bonds is 4. The molecule has 124 valence electrons. The predicted molar refractivity (Wildman–Crippen MR) is 85.0 cm³/mol. The third-order valence-electron chi connectivity index (χ3n) is 3.91. The van der Waals surface area contributed by atoms with Crippen LogP contribution < -0.4 is 10.6 Å². The molecule has 0 aromatic heterocycles. The van der Waals surface area contributed by atoms with Crippen molar-refractivity contribution in [3.05, 3.63) is 30.3 Å². The molecular formula is C16H21N3O4. The fourth-order valence-corrected chi connectivity index (χ4v) is 2.57. The molecule has 1 aliphatic heterocycles. The molecule has 7 heteroatoms. The maximum absolute atomic E-state index is 12.3. The van der Waals surface area contributed by atoms with Crippen molar-refractivity contribution >= 4 is 23.6 Å². The van der Waals surface area contributed by atoms with E-state index in [4.69, 9.17) is 5.11 Å². The van der Waals surface area contributed by atoms with Gasteiger partial charge in [-0.25, -0.2) is 4.79 Å². The molecule has 3 amide bonds. The second-order valence-corrected chi connectivity index (χ2v) is 5.62. The van der Waals surface area contributed by atoms with Crippen molar-refractivity contribution in [2.45, 2.75) is 25.8 Å². The molecule has 1 aromatic rings. The number of hydrogen-bond donors (Lipinski definition) is 3. The highest BCUT2D eigenvalue weighted by Crippen LogP contribution is 2.17. The second kappa shape index (κ2) is 7.62. The number of carbonyl (C=O) groups is 3. The standard InChI is InChI=1S/C16H21N3O4/c1-11(17-16(23)18-13-5-3-2-4-6-13)14(20)19-9-7-12(8-10-19)15(21)22/h2-6,11-12H,7-10H2,1H3,(H,21,22)(H2,17,18,23). The maximum Gasteiger partial charge on any atom is 0.319 e.